The summed E-state index contributed by atoms with van der Waals surface area (Å²) in [6.07, 6.45) is 1.58. The average molecular weight is 449 g/mol. The Kier molecular flexibility index (Phi) is 7.00. The SMILES string of the molecule is CC(C)Oc1ccc(CCCNS(=O)(=O)c2ccc3c(c2)sc(=O)n3C(C)C)cc1. The van der Waals surface area contributed by atoms with E-state index >= 15 is 0 Å². The number of ether oxygens (including phenoxy) is 1. The number of nitrogens with one attached hydrogen (secondary N) is 1. The van der Waals surface area contributed by atoms with Crippen LogP contribution >= 0.6 is 11.3 Å². The third kappa shape index (κ3) is 5.30. The Balaban J connectivity index is 1.61. The summed E-state index contributed by atoms with van der Waals surface area (Å²) >= 11 is 1.07. The molecule has 0 aliphatic carbocycles. The second-order valence-electron chi connectivity index (χ2n) is 7.77. The van der Waals surface area contributed by atoms with Gasteiger partial charge in [-0.3, -0.25) is 9.36 Å². The van der Waals surface area contributed by atoms with Gasteiger partial charge in [-0.05, 0) is 76.4 Å². The highest BCUT2D eigenvalue weighted by Crippen LogP contribution is 2.24. The van der Waals surface area contributed by atoms with E-state index in [9.17, 15) is 13.2 Å². The van der Waals surface area contributed by atoms with Gasteiger partial charge in [-0.15, -0.1) is 0 Å². The fourth-order valence-electron chi connectivity index (χ4n) is 3.26. The standard InChI is InChI=1S/C22H28N2O4S2/c1-15(2)24-20-12-11-19(14-21(20)29-22(24)25)30(26,27)23-13-5-6-17-7-9-18(10-8-17)28-16(3)4/h7-12,14-16,23H,5-6,13H2,1-4H3. The summed E-state index contributed by atoms with van der Waals surface area (Å²) in [4.78, 5) is 12.3. The molecule has 0 aliphatic heterocycles. The summed E-state index contributed by atoms with van der Waals surface area (Å²) in [7, 11) is -3.62. The molecule has 0 saturated carbocycles. The molecular formula is C22H28N2O4S2. The summed E-state index contributed by atoms with van der Waals surface area (Å²) in [5.41, 5.74) is 1.90. The van der Waals surface area contributed by atoms with Gasteiger partial charge in [0.25, 0.3) is 0 Å². The molecule has 1 N–H and O–H groups in total. The number of sulfonamides is 1. The number of hydrogen-bond donors (Lipinski definition) is 1. The molecule has 0 fully saturated rings. The molecule has 2 aromatic carbocycles. The molecule has 1 heterocycles. The molecule has 3 aromatic rings. The predicted molar refractivity (Wildman–Crippen MR) is 122 cm³/mol. The van der Waals surface area contributed by atoms with Crippen molar-refractivity contribution < 1.29 is 13.2 Å². The summed E-state index contributed by atoms with van der Waals surface area (Å²) in [6, 6.07) is 12.7. The summed E-state index contributed by atoms with van der Waals surface area (Å²) in [6.45, 7) is 8.18. The van der Waals surface area contributed by atoms with Crippen molar-refractivity contribution in [1.29, 1.82) is 0 Å². The zero-order valence-corrected chi connectivity index (χ0v) is 19.3. The van der Waals surface area contributed by atoms with Gasteiger partial charge < -0.3 is 4.74 Å². The van der Waals surface area contributed by atoms with Gasteiger partial charge in [0.1, 0.15) is 5.75 Å². The van der Waals surface area contributed by atoms with Crippen molar-refractivity contribution in [1.82, 2.24) is 9.29 Å². The minimum absolute atomic E-state index is 0.0258. The minimum Gasteiger partial charge on any atom is -0.491 e. The number of aryl methyl sites for hydroxylation is 1. The van der Waals surface area contributed by atoms with Crippen LogP contribution in [0.5, 0.6) is 5.75 Å². The number of thiazole rings is 1. The Morgan fingerprint density at radius 1 is 1.07 bits per heavy atom. The lowest BCUT2D eigenvalue weighted by Crippen LogP contribution is -2.25. The molecule has 0 amide bonds. The van der Waals surface area contributed by atoms with E-state index in [2.05, 4.69) is 4.72 Å². The maximum Gasteiger partial charge on any atom is 0.308 e. The Morgan fingerprint density at radius 2 is 1.77 bits per heavy atom. The third-order valence-corrected chi connectivity index (χ3v) is 7.02. The Bertz CT molecular complexity index is 1160. The number of rotatable bonds is 9. The molecule has 0 aliphatic rings. The van der Waals surface area contributed by atoms with Gasteiger partial charge in [0.05, 0.1) is 21.2 Å². The lowest BCUT2D eigenvalue weighted by molar-refractivity contribution is 0.242. The Morgan fingerprint density at radius 3 is 2.40 bits per heavy atom. The molecule has 0 unspecified atom stereocenters. The Labute approximate surface area is 181 Å². The highest BCUT2D eigenvalue weighted by atomic mass is 32.2. The van der Waals surface area contributed by atoms with Gasteiger partial charge in [0.2, 0.25) is 10.0 Å². The zero-order chi connectivity index (χ0) is 21.9. The third-order valence-electron chi connectivity index (χ3n) is 4.64. The minimum atomic E-state index is -3.62. The second-order valence-corrected chi connectivity index (χ2v) is 10.5. The molecule has 0 spiro atoms. The predicted octanol–water partition coefficient (Wildman–Crippen LogP) is 4.34. The molecule has 1 aromatic heterocycles. The first-order valence-corrected chi connectivity index (χ1v) is 12.4. The molecule has 0 saturated heterocycles. The van der Waals surface area contributed by atoms with Crippen molar-refractivity contribution in [2.75, 3.05) is 6.54 Å². The molecule has 0 bridgehead atoms. The zero-order valence-electron chi connectivity index (χ0n) is 17.7. The van der Waals surface area contributed by atoms with Crippen molar-refractivity contribution in [3.8, 4) is 5.75 Å². The van der Waals surface area contributed by atoms with Crippen LogP contribution in [0.2, 0.25) is 0 Å². The van der Waals surface area contributed by atoms with Crippen LogP contribution in [0.25, 0.3) is 10.2 Å². The quantitative estimate of drug-likeness (QED) is 0.494. The van der Waals surface area contributed by atoms with Gasteiger partial charge in [0, 0.05) is 12.6 Å². The van der Waals surface area contributed by atoms with Crippen molar-refractivity contribution in [3.63, 3.8) is 0 Å². The highest BCUT2D eigenvalue weighted by Gasteiger charge is 2.17. The molecule has 0 radical (unpaired) electrons. The van der Waals surface area contributed by atoms with E-state index in [0.717, 1.165) is 34.6 Å². The second kappa shape index (κ2) is 9.32. The van der Waals surface area contributed by atoms with E-state index in [1.807, 2.05) is 52.0 Å². The Hall–Kier alpha value is -2.16. The first-order valence-electron chi connectivity index (χ1n) is 10.1. The molecule has 0 atom stereocenters. The van der Waals surface area contributed by atoms with E-state index in [0.29, 0.717) is 17.7 Å². The van der Waals surface area contributed by atoms with Crippen LogP contribution in [0.1, 0.15) is 45.7 Å². The molecule has 8 heteroatoms. The normalized spacial score (nSPS) is 12.2. The van der Waals surface area contributed by atoms with Crippen molar-refractivity contribution in [2.45, 2.75) is 57.6 Å². The molecule has 30 heavy (non-hydrogen) atoms. The number of fused-ring (bicyclic) bond motifs is 1. The van der Waals surface area contributed by atoms with Crippen molar-refractivity contribution in [3.05, 3.63) is 57.7 Å². The van der Waals surface area contributed by atoms with Crippen LogP contribution in [0.4, 0.5) is 0 Å². The first-order chi connectivity index (χ1) is 14.2. The number of benzene rings is 2. The maximum atomic E-state index is 12.7. The van der Waals surface area contributed by atoms with Gasteiger partial charge in [-0.1, -0.05) is 23.5 Å². The smallest absolute Gasteiger partial charge is 0.308 e. The van der Waals surface area contributed by atoms with E-state index in [1.165, 1.54) is 0 Å². The topological polar surface area (TPSA) is 77.4 Å². The fourth-order valence-corrected chi connectivity index (χ4v) is 5.49. The first kappa shape index (κ1) is 22.5. The number of nitrogens with zero attached hydrogens (tertiary/aromatic N) is 1. The van der Waals surface area contributed by atoms with Crippen molar-refractivity contribution in [2.24, 2.45) is 0 Å². The van der Waals surface area contributed by atoms with Crippen LogP contribution < -0.4 is 14.3 Å². The van der Waals surface area contributed by atoms with Gasteiger partial charge >= 0.3 is 4.87 Å². The number of aromatic nitrogens is 1. The van der Waals surface area contributed by atoms with Gasteiger partial charge in [-0.2, -0.15) is 0 Å². The van der Waals surface area contributed by atoms with E-state index < -0.39 is 10.0 Å². The van der Waals surface area contributed by atoms with Crippen LogP contribution in [0.3, 0.4) is 0 Å². The largest absolute Gasteiger partial charge is 0.491 e. The molecule has 6 nitrogen and oxygen atoms in total. The van der Waals surface area contributed by atoms with Gasteiger partial charge in [0.15, 0.2) is 0 Å². The maximum absolute atomic E-state index is 12.7. The van der Waals surface area contributed by atoms with E-state index in [4.69, 9.17) is 4.74 Å². The average Bonchev–Trinajstić information content (AvgIpc) is 3.01. The molecular weight excluding hydrogens is 420 g/mol. The number of hydrogen-bond acceptors (Lipinski definition) is 5. The lowest BCUT2D eigenvalue weighted by Gasteiger charge is -2.10. The van der Waals surface area contributed by atoms with Crippen LogP contribution in [-0.4, -0.2) is 25.6 Å². The van der Waals surface area contributed by atoms with Crippen LogP contribution in [0, 0.1) is 0 Å². The summed E-state index contributed by atoms with van der Waals surface area (Å²) in [5.74, 6) is 0.832. The molecule has 3 rings (SSSR count). The summed E-state index contributed by atoms with van der Waals surface area (Å²) in [5, 5.41) is 0. The lowest BCUT2D eigenvalue weighted by atomic mass is 10.1. The van der Waals surface area contributed by atoms with Crippen LogP contribution in [-0.2, 0) is 16.4 Å². The van der Waals surface area contributed by atoms with Crippen LogP contribution in [0.15, 0.2) is 52.2 Å². The van der Waals surface area contributed by atoms with E-state index in [-0.39, 0.29) is 21.9 Å². The molecule has 162 valence electrons. The highest BCUT2D eigenvalue weighted by molar-refractivity contribution is 7.89. The van der Waals surface area contributed by atoms with Crippen molar-refractivity contribution >= 4 is 31.6 Å². The summed E-state index contributed by atoms with van der Waals surface area (Å²) < 4.78 is 36.0. The fraction of sp³-hybridized carbons (Fsp3) is 0.409. The van der Waals surface area contributed by atoms with E-state index in [1.54, 1.807) is 22.8 Å². The van der Waals surface area contributed by atoms with Gasteiger partial charge in [-0.25, -0.2) is 13.1 Å². The monoisotopic (exact) mass is 448 g/mol.